The Labute approximate surface area is 142 Å². The van der Waals surface area contributed by atoms with Crippen LogP contribution < -0.4 is 4.74 Å². The number of nitriles is 1. The summed E-state index contributed by atoms with van der Waals surface area (Å²) in [4.78, 5) is 12.9. The molecule has 3 heteroatoms. The second-order valence-corrected chi connectivity index (χ2v) is 5.66. The molecule has 0 aromatic heterocycles. The Morgan fingerprint density at radius 1 is 1.12 bits per heavy atom. The van der Waals surface area contributed by atoms with Crippen molar-refractivity contribution < 1.29 is 9.53 Å². The van der Waals surface area contributed by atoms with Crippen molar-refractivity contribution in [2.24, 2.45) is 5.41 Å². The summed E-state index contributed by atoms with van der Waals surface area (Å²) < 4.78 is 5.12. The van der Waals surface area contributed by atoms with Gasteiger partial charge in [-0.15, -0.1) is 0 Å². The van der Waals surface area contributed by atoms with Crippen LogP contribution in [0.25, 0.3) is 0 Å². The summed E-state index contributed by atoms with van der Waals surface area (Å²) >= 11 is 0. The van der Waals surface area contributed by atoms with Crippen molar-refractivity contribution in [1.82, 2.24) is 0 Å². The molecule has 3 nitrogen and oxygen atoms in total. The fourth-order valence-electron chi connectivity index (χ4n) is 2.33. The SMILES string of the molecule is COc1ccc(C(=O)C(C)(C#Cc2ccccc2)CCC#N)cc1. The van der Waals surface area contributed by atoms with E-state index in [4.69, 9.17) is 10.00 Å². The molecule has 120 valence electrons. The van der Waals surface area contributed by atoms with Crippen LogP contribution in [0.1, 0.15) is 35.7 Å². The van der Waals surface area contributed by atoms with E-state index in [-0.39, 0.29) is 12.2 Å². The molecule has 0 spiro atoms. The molecule has 2 aromatic carbocycles. The summed E-state index contributed by atoms with van der Waals surface area (Å²) in [7, 11) is 1.58. The first kappa shape index (κ1) is 17.3. The minimum Gasteiger partial charge on any atom is -0.497 e. The van der Waals surface area contributed by atoms with E-state index in [2.05, 4.69) is 17.9 Å². The van der Waals surface area contributed by atoms with Crippen molar-refractivity contribution in [3.63, 3.8) is 0 Å². The van der Waals surface area contributed by atoms with E-state index in [0.29, 0.717) is 17.7 Å². The molecule has 1 atom stereocenters. The van der Waals surface area contributed by atoms with Crippen LogP contribution in [0.5, 0.6) is 5.75 Å². The van der Waals surface area contributed by atoms with Gasteiger partial charge in [0.2, 0.25) is 0 Å². The third-order valence-electron chi connectivity index (χ3n) is 3.85. The van der Waals surface area contributed by atoms with E-state index >= 15 is 0 Å². The topological polar surface area (TPSA) is 50.1 Å². The number of rotatable bonds is 5. The van der Waals surface area contributed by atoms with Crippen LogP contribution in [-0.4, -0.2) is 12.9 Å². The van der Waals surface area contributed by atoms with Crippen molar-refractivity contribution in [3.05, 3.63) is 65.7 Å². The number of hydrogen-bond acceptors (Lipinski definition) is 3. The zero-order valence-corrected chi connectivity index (χ0v) is 13.9. The fourth-order valence-corrected chi connectivity index (χ4v) is 2.33. The van der Waals surface area contributed by atoms with Gasteiger partial charge in [0.05, 0.1) is 18.6 Å². The van der Waals surface area contributed by atoms with Gasteiger partial charge in [0.15, 0.2) is 5.78 Å². The van der Waals surface area contributed by atoms with E-state index in [1.165, 1.54) is 0 Å². The second kappa shape index (κ2) is 7.99. The van der Waals surface area contributed by atoms with Gasteiger partial charge in [-0.25, -0.2) is 0 Å². The molecule has 0 saturated heterocycles. The molecule has 24 heavy (non-hydrogen) atoms. The summed E-state index contributed by atoms with van der Waals surface area (Å²) in [5.74, 6) is 6.77. The van der Waals surface area contributed by atoms with Crippen LogP contribution >= 0.6 is 0 Å². The maximum Gasteiger partial charge on any atom is 0.180 e. The Bertz CT molecular complexity index is 792. The van der Waals surface area contributed by atoms with Crippen LogP contribution in [-0.2, 0) is 0 Å². The van der Waals surface area contributed by atoms with Gasteiger partial charge in [0.1, 0.15) is 5.75 Å². The lowest BCUT2D eigenvalue weighted by molar-refractivity contribution is 0.0871. The van der Waals surface area contributed by atoms with Crippen LogP contribution in [0.4, 0.5) is 0 Å². The summed E-state index contributed by atoms with van der Waals surface area (Å²) in [6.07, 6.45) is 0.677. The normalized spacial score (nSPS) is 12.2. The molecule has 1 unspecified atom stereocenters. The maximum atomic E-state index is 12.9. The molecule has 0 saturated carbocycles. The van der Waals surface area contributed by atoms with E-state index in [1.807, 2.05) is 30.3 Å². The number of ketones is 1. The summed E-state index contributed by atoms with van der Waals surface area (Å²) in [6.45, 7) is 1.80. The Hall–Kier alpha value is -3.04. The van der Waals surface area contributed by atoms with Gasteiger partial charge < -0.3 is 4.74 Å². The monoisotopic (exact) mass is 317 g/mol. The number of methoxy groups -OCH3 is 1. The molecular weight excluding hydrogens is 298 g/mol. The second-order valence-electron chi connectivity index (χ2n) is 5.66. The number of benzene rings is 2. The zero-order valence-electron chi connectivity index (χ0n) is 13.9. The lowest BCUT2D eigenvalue weighted by atomic mass is 9.79. The molecular formula is C21H19NO2. The predicted molar refractivity (Wildman–Crippen MR) is 93.6 cm³/mol. The molecule has 2 rings (SSSR count). The molecule has 0 fully saturated rings. The minimum absolute atomic E-state index is 0.0798. The molecule has 0 aliphatic carbocycles. The van der Waals surface area contributed by atoms with Crippen molar-refractivity contribution in [3.8, 4) is 23.7 Å². The van der Waals surface area contributed by atoms with Gasteiger partial charge in [0, 0.05) is 17.5 Å². The molecule has 0 N–H and O–H groups in total. The summed E-state index contributed by atoms with van der Waals surface area (Å²) in [5, 5.41) is 8.91. The van der Waals surface area contributed by atoms with Crippen molar-refractivity contribution >= 4 is 5.78 Å². The smallest absolute Gasteiger partial charge is 0.180 e. The van der Waals surface area contributed by atoms with Crippen LogP contribution in [0.2, 0.25) is 0 Å². The minimum atomic E-state index is -0.903. The highest BCUT2D eigenvalue weighted by molar-refractivity contribution is 6.02. The average Bonchev–Trinajstić information content (AvgIpc) is 2.65. The standard InChI is InChI=1S/C21H19NO2/c1-21(14-6-16-22,15-13-17-7-4-3-5-8-17)20(23)18-9-11-19(24-2)12-10-18/h3-5,7-12H,6,14H2,1-2H3. The number of hydrogen-bond donors (Lipinski definition) is 0. The van der Waals surface area contributed by atoms with Crippen LogP contribution in [0.15, 0.2) is 54.6 Å². The van der Waals surface area contributed by atoms with Crippen LogP contribution in [0.3, 0.4) is 0 Å². The van der Waals surface area contributed by atoms with Gasteiger partial charge in [0.25, 0.3) is 0 Å². The lowest BCUT2D eigenvalue weighted by Gasteiger charge is -2.21. The van der Waals surface area contributed by atoms with Gasteiger partial charge in [-0.1, -0.05) is 30.0 Å². The zero-order chi connectivity index (χ0) is 17.4. The third kappa shape index (κ3) is 4.24. The Morgan fingerprint density at radius 3 is 2.38 bits per heavy atom. The van der Waals surface area contributed by atoms with Crippen molar-refractivity contribution in [2.45, 2.75) is 19.8 Å². The first-order valence-electron chi connectivity index (χ1n) is 7.73. The van der Waals surface area contributed by atoms with E-state index < -0.39 is 5.41 Å². The summed E-state index contributed by atoms with van der Waals surface area (Å²) in [6, 6.07) is 18.6. The van der Waals surface area contributed by atoms with Crippen LogP contribution in [0, 0.1) is 28.6 Å². The van der Waals surface area contributed by atoms with Gasteiger partial charge in [-0.3, -0.25) is 4.79 Å². The first-order valence-corrected chi connectivity index (χ1v) is 7.73. The Balaban J connectivity index is 2.33. The number of Topliss-reactive ketones (excluding diaryl/α,β-unsaturated/α-hetero) is 1. The molecule has 0 bridgehead atoms. The lowest BCUT2D eigenvalue weighted by Crippen LogP contribution is -2.26. The predicted octanol–water partition coefficient (Wildman–Crippen LogP) is 4.24. The Morgan fingerprint density at radius 2 is 1.79 bits per heavy atom. The maximum absolute atomic E-state index is 12.9. The summed E-state index contributed by atoms with van der Waals surface area (Å²) in [5.41, 5.74) is 0.516. The molecule has 0 heterocycles. The highest BCUT2D eigenvalue weighted by Crippen LogP contribution is 2.28. The van der Waals surface area contributed by atoms with Crippen molar-refractivity contribution in [2.75, 3.05) is 7.11 Å². The molecule has 0 amide bonds. The van der Waals surface area contributed by atoms with E-state index in [0.717, 1.165) is 5.56 Å². The van der Waals surface area contributed by atoms with Gasteiger partial charge in [-0.05, 0) is 49.7 Å². The highest BCUT2D eigenvalue weighted by atomic mass is 16.5. The molecule has 0 aliphatic rings. The first-order chi connectivity index (χ1) is 11.6. The quantitative estimate of drug-likeness (QED) is 0.612. The van der Waals surface area contributed by atoms with E-state index in [9.17, 15) is 4.79 Å². The number of carbonyl (C=O) groups excluding carboxylic acids is 1. The molecule has 0 radical (unpaired) electrons. The third-order valence-corrected chi connectivity index (χ3v) is 3.85. The van der Waals surface area contributed by atoms with Gasteiger partial charge in [-0.2, -0.15) is 5.26 Å². The largest absolute Gasteiger partial charge is 0.497 e. The Kier molecular flexibility index (Phi) is 5.77. The number of nitrogens with zero attached hydrogens (tertiary/aromatic N) is 1. The number of ether oxygens (including phenoxy) is 1. The average molecular weight is 317 g/mol. The van der Waals surface area contributed by atoms with Crippen molar-refractivity contribution in [1.29, 1.82) is 5.26 Å². The molecule has 2 aromatic rings. The highest BCUT2D eigenvalue weighted by Gasteiger charge is 2.31. The van der Waals surface area contributed by atoms with Gasteiger partial charge >= 0.3 is 0 Å². The number of carbonyl (C=O) groups is 1. The van der Waals surface area contributed by atoms with E-state index in [1.54, 1.807) is 38.3 Å². The molecule has 0 aliphatic heterocycles. The fraction of sp³-hybridized carbons (Fsp3) is 0.238.